The summed E-state index contributed by atoms with van der Waals surface area (Å²) in [7, 11) is 0. The molecule has 0 radical (unpaired) electrons. The van der Waals surface area contributed by atoms with Gasteiger partial charge in [0.2, 0.25) is 5.91 Å². The molecule has 1 unspecified atom stereocenters. The lowest BCUT2D eigenvalue weighted by molar-refractivity contribution is -0.116. The molecule has 1 atom stereocenters. The van der Waals surface area contributed by atoms with Gasteiger partial charge in [-0.3, -0.25) is 4.79 Å². The van der Waals surface area contributed by atoms with Gasteiger partial charge in [-0.25, -0.2) is 0 Å². The quantitative estimate of drug-likeness (QED) is 0.698. The number of benzene rings is 2. The number of unbranched alkanes of at least 4 members (excludes halogenated alkanes) is 1. The van der Waals surface area contributed by atoms with E-state index < -0.39 is 0 Å². The van der Waals surface area contributed by atoms with Crippen molar-refractivity contribution in [2.75, 3.05) is 11.9 Å². The van der Waals surface area contributed by atoms with E-state index in [1.807, 2.05) is 54.6 Å². The van der Waals surface area contributed by atoms with E-state index in [2.05, 4.69) is 12.2 Å². The van der Waals surface area contributed by atoms with Crippen LogP contribution < -0.4 is 15.8 Å². The number of halogens is 1. The number of carbonyl (C=O) groups is 1. The number of para-hydroxylation sites is 2. The van der Waals surface area contributed by atoms with Crippen molar-refractivity contribution >= 4 is 24.0 Å². The van der Waals surface area contributed by atoms with Gasteiger partial charge < -0.3 is 15.8 Å². The van der Waals surface area contributed by atoms with Crippen LogP contribution in [0.1, 0.15) is 37.8 Å². The molecule has 0 aromatic heterocycles. The molecule has 0 fully saturated rings. The number of nitrogens with two attached hydrogens (primary N) is 1. The van der Waals surface area contributed by atoms with Crippen molar-refractivity contribution in [1.82, 2.24) is 0 Å². The van der Waals surface area contributed by atoms with Gasteiger partial charge in [0.05, 0.1) is 12.3 Å². The molecule has 5 heteroatoms. The van der Waals surface area contributed by atoms with Crippen LogP contribution in [0.25, 0.3) is 0 Å². The van der Waals surface area contributed by atoms with E-state index >= 15 is 0 Å². The van der Waals surface area contributed by atoms with E-state index in [1.54, 1.807) is 0 Å². The van der Waals surface area contributed by atoms with Crippen molar-refractivity contribution in [3.05, 3.63) is 60.2 Å². The molecule has 1 amide bonds. The Kier molecular flexibility index (Phi) is 8.90. The van der Waals surface area contributed by atoms with Gasteiger partial charge in [-0.1, -0.05) is 55.8 Å². The Labute approximate surface area is 149 Å². The van der Waals surface area contributed by atoms with Crippen molar-refractivity contribution in [1.29, 1.82) is 0 Å². The number of anilines is 1. The number of ether oxygens (including phenoxy) is 1. The zero-order valence-electron chi connectivity index (χ0n) is 13.9. The van der Waals surface area contributed by atoms with Crippen LogP contribution in [-0.2, 0) is 4.79 Å². The van der Waals surface area contributed by atoms with E-state index in [4.69, 9.17) is 10.5 Å². The summed E-state index contributed by atoms with van der Waals surface area (Å²) in [6, 6.07) is 16.8. The van der Waals surface area contributed by atoms with Gasteiger partial charge in [0.15, 0.2) is 0 Å². The van der Waals surface area contributed by atoms with Gasteiger partial charge in [0.1, 0.15) is 5.75 Å². The molecular weight excluding hydrogens is 324 g/mol. The summed E-state index contributed by atoms with van der Waals surface area (Å²) in [5.74, 6) is 0.579. The summed E-state index contributed by atoms with van der Waals surface area (Å²) in [4.78, 5) is 12.2. The summed E-state index contributed by atoms with van der Waals surface area (Å²) in [6.07, 6.45) is 2.29. The molecule has 2 aromatic rings. The Morgan fingerprint density at radius 3 is 2.50 bits per heavy atom. The summed E-state index contributed by atoms with van der Waals surface area (Å²) in [5.41, 5.74) is 7.74. The van der Waals surface area contributed by atoms with Crippen LogP contribution in [0.4, 0.5) is 5.69 Å². The Bertz CT molecular complexity index is 620. The topological polar surface area (TPSA) is 64.3 Å². The first-order valence-corrected chi connectivity index (χ1v) is 8.03. The first kappa shape index (κ1) is 20.0. The highest BCUT2D eigenvalue weighted by molar-refractivity contribution is 5.92. The lowest BCUT2D eigenvalue weighted by Gasteiger charge is -2.14. The highest BCUT2D eigenvalue weighted by Crippen LogP contribution is 2.25. The molecule has 24 heavy (non-hydrogen) atoms. The second-order valence-corrected chi connectivity index (χ2v) is 5.47. The normalized spacial score (nSPS) is 11.2. The average molecular weight is 349 g/mol. The minimum Gasteiger partial charge on any atom is -0.491 e. The first-order chi connectivity index (χ1) is 11.2. The number of nitrogens with one attached hydrogen (secondary N) is 1. The average Bonchev–Trinajstić information content (AvgIpc) is 2.57. The fraction of sp³-hybridized carbons (Fsp3) is 0.316. The minimum atomic E-state index is -0.315. The van der Waals surface area contributed by atoms with Crippen LogP contribution in [0.5, 0.6) is 5.75 Å². The number of hydrogen-bond donors (Lipinski definition) is 2. The standard InChI is InChI=1S/C19H24N2O2.ClH/c1-2-3-13-23-18-12-8-7-11-17(18)21-19(22)14-16(20)15-9-5-4-6-10-15;/h4-12,16H,2-3,13-14,20H2,1H3,(H,21,22);1H. The number of rotatable bonds is 8. The van der Waals surface area contributed by atoms with Crippen LogP contribution in [-0.4, -0.2) is 12.5 Å². The molecule has 0 aliphatic rings. The number of amides is 1. The van der Waals surface area contributed by atoms with E-state index in [0.29, 0.717) is 18.0 Å². The molecule has 0 saturated heterocycles. The molecule has 0 saturated carbocycles. The Morgan fingerprint density at radius 1 is 1.12 bits per heavy atom. The van der Waals surface area contributed by atoms with Crippen LogP contribution in [0.3, 0.4) is 0 Å². The van der Waals surface area contributed by atoms with E-state index in [0.717, 1.165) is 18.4 Å². The smallest absolute Gasteiger partial charge is 0.226 e. The van der Waals surface area contributed by atoms with Crippen molar-refractivity contribution in [2.24, 2.45) is 5.73 Å². The lowest BCUT2D eigenvalue weighted by Crippen LogP contribution is -2.20. The van der Waals surface area contributed by atoms with Crippen molar-refractivity contribution in [3.63, 3.8) is 0 Å². The second kappa shape index (κ2) is 10.7. The summed E-state index contributed by atoms with van der Waals surface area (Å²) >= 11 is 0. The largest absolute Gasteiger partial charge is 0.491 e. The number of carbonyl (C=O) groups excluding carboxylic acids is 1. The lowest BCUT2D eigenvalue weighted by atomic mass is 10.0. The van der Waals surface area contributed by atoms with Crippen LogP contribution >= 0.6 is 12.4 Å². The maximum Gasteiger partial charge on any atom is 0.226 e. The summed E-state index contributed by atoms with van der Waals surface area (Å²) < 4.78 is 5.72. The molecule has 0 heterocycles. The van der Waals surface area contributed by atoms with Gasteiger partial charge in [-0.15, -0.1) is 12.4 Å². The maximum atomic E-state index is 12.2. The van der Waals surface area contributed by atoms with Crippen LogP contribution in [0, 0.1) is 0 Å². The Morgan fingerprint density at radius 2 is 1.79 bits per heavy atom. The van der Waals surface area contributed by atoms with Crippen molar-refractivity contribution in [3.8, 4) is 5.75 Å². The number of hydrogen-bond acceptors (Lipinski definition) is 3. The molecular formula is C19H25ClN2O2. The molecule has 0 aliphatic heterocycles. The highest BCUT2D eigenvalue weighted by atomic mass is 35.5. The van der Waals surface area contributed by atoms with Gasteiger partial charge in [0.25, 0.3) is 0 Å². The predicted molar refractivity (Wildman–Crippen MR) is 101 cm³/mol. The van der Waals surface area contributed by atoms with Crippen molar-refractivity contribution < 1.29 is 9.53 Å². The van der Waals surface area contributed by atoms with E-state index in [1.165, 1.54) is 0 Å². The zero-order chi connectivity index (χ0) is 16.5. The molecule has 4 nitrogen and oxygen atoms in total. The first-order valence-electron chi connectivity index (χ1n) is 8.03. The molecule has 0 spiro atoms. The van der Waals surface area contributed by atoms with Gasteiger partial charge in [0, 0.05) is 12.5 Å². The molecule has 2 rings (SSSR count). The summed E-state index contributed by atoms with van der Waals surface area (Å²) in [5, 5.41) is 2.89. The van der Waals surface area contributed by atoms with Gasteiger partial charge in [-0.2, -0.15) is 0 Å². The Hall–Kier alpha value is -2.04. The third-order valence-electron chi connectivity index (χ3n) is 3.55. The molecule has 0 bridgehead atoms. The monoisotopic (exact) mass is 348 g/mol. The van der Waals surface area contributed by atoms with Gasteiger partial charge >= 0.3 is 0 Å². The van der Waals surface area contributed by atoms with Crippen LogP contribution in [0.15, 0.2) is 54.6 Å². The Balaban J connectivity index is 0.00000288. The SMILES string of the molecule is CCCCOc1ccccc1NC(=O)CC(N)c1ccccc1.Cl. The maximum absolute atomic E-state index is 12.2. The fourth-order valence-electron chi connectivity index (χ4n) is 2.24. The third-order valence-corrected chi connectivity index (χ3v) is 3.55. The van der Waals surface area contributed by atoms with Crippen LogP contribution in [0.2, 0.25) is 0 Å². The fourth-order valence-corrected chi connectivity index (χ4v) is 2.24. The van der Waals surface area contributed by atoms with Gasteiger partial charge in [-0.05, 0) is 24.1 Å². The second-order valence-electron chi connectivity index (χ2n) is 5.47. The highest BCUT2D eigenvalue weighted by Gasteiger charge is 2.13. The minimum absolute atomic E-state index is 0. The summed E-state index contributed by atoms with van der Waals surface area (Å²) in [6.45, 7) is 2.76. The predicted octanol–water partition coefficient (Wildman–Crippen LogP) is 4.32. The molecule has 2 aromatic carbocycles. The zero-order valence-corrected chi connectivity index (χ0v) is 14.7. The molecule has 3 N–H and O–H groups in total. The van der Waals surface area contributed by atoms with E-state index in [9.17, 15) is 4.79 Å². The molecule has 130 valence electrons. The molecule has 0 aliphatic carbocycles. The van der Waals surface area contributed by atoms with E-state index in [-0.39, 0.29) is 30.8 Å². The van der Waals surface area contributed by atoms with Crippen molar-refractivity contribution in [2.45, 2.75) is 32.2 Å². The third kappa shape index (κ3) is 6.22.